The highest BCUT2D eigenvalue weighted by atomic mass is 35.5. The summed E-state index contributed by atoms with van der Waals surface area (Å²) in [5.41, 5.74) is 0. The molecule has 0 radical (unpaired) electrons. The molecule has 0 fully saturated rings. The largest absolute Gasteiger partial charge is 0.463 e. The van der Waals surface area contributed by atoms with E-state index in [2.05, 4.69) is 22.9 Å². The summed E-state index contributed by atoms with van der Waals surface area (Å²) in [6, 6.07) is 0. The number of esters is 1. The molecule has 0 aliphatic carbocycles. The van der Waals surface area contributed by atoms with Crippen LogP contribution in [0.25, 0.3) is 0 Å². The molecule has 0 aromatic rings. The molecule has 10 heavy (non-hydrogen) atoms. The van der Waals surface area contributed by atoms with Crippen molar-refractivity contribution in [2.24, 2.45) is 0 Å². The van der Waals surface area contributed by atoms with Crippen LogP contribution < -0.4 is 0 Å². The van der Waals surface area contributed by atoms with Crippen molar-refractivity contribution in [3.63, 3.8) is 0 Å². The smallest absolute Gasteiger partial charge is 0.330 e. The summed E-state index contributed by atoms with van der Waals surface area (Å²) in [7, 11) is 0. The highest BCUT2D eigenvalue weighted by molar-refractivity contribution is 6.15. The summed E-state index contributed by atoms with van der Waals surface area (Å²) in [6.45, 7) is 5.67. The van der Waals surface area contributed by atoms with Crippen molar-refractivity contribution in [1.82, 2.24) is 0 Å². The Morgan fingerprint density at radius 1 is 1.70 bits per heavy atom. The van der Waals surface area contributed by atoms with Crippen molar-refractivity contribution < 1.29 is 9.53 Å². The number of rotatable bonds is 3. The Morgan fingerprint density at radius 3 is 2.50 bits per heavy atom. The lowest BCUT2D eigenvalue weighted by Gasteiger charge is -1.94. The predicted octanol–water partition coefficient (Wildman–Crippen LogP) is 1.98. The number of carbonyl (C=O) groups is 1. The molecule has 0 aliphatic rings. The van der Waals surface area contributed by atoms with Crippen LogP contribution in [0.1, 0.15) is 13.3 Å². The van der Waals surface area contributed by atoms with Gasteiger partial charge in [0, 0.05) is 12.5 Å². The first-order chi connectivity index (χ1) is 4.81. The Labute approximate surface area is 66.8 Å². The van der Waals surface area contributed by atoms with E-state index >= 15 is 0 Å². The number of carbonyl (C=O) groups excluding carboxylic acids is 1. The number of ether oxygens (including phenoxy) is 1. The zero-order valence-electron chi connectivity index (χ0n) is 6.39. The molecule has 0 spiro atoms. The fraction of sp³-hybridized carbons (Fsp3) is 0.571. The molecular formula is C7H13ClO2. The second kappa shape index (κ2) is 11.3. The lowest BCUT2D eigenvalue weighted by atomic mass is 10.5. The van der Waals surface area contributed by atoms with Crippen LogP contribution in [-0.4, -0.2) is 19.0 Å². The molecule has 3 heteroatoms. The van der Waals surface area contributed by atoms with Crippen LogP contribution in [0, 0.1) is 0 Å². The SMILES string of the molecule is C=CC(=O)OCCC.CCl. The van der Waals surface area contributed by atoms with E-state index in [0.717, 1.165) is 12.5 Å². The van der Waals surface area contributed by atoms with Crippen LogP contribution in [0.15, 0.2) is 12.7 Å². The highest BCUT2D eigenvalue weighted by Gasteiger charge is 1.89. The summed E-state index contributed by atoms with van der Waals surface area (Å²) in [4.78, 5) is 10.2. The van der Waals surface area contributed by atoms with Crippen LogP contribution in [0.5, 0.6) is 0 Å². The van der Waals surface area contributed by atoms with Gasteiger partial charge in [0.1, 0.15) is 0 Å². The van der Waals surface area contributed by atoms with Crippen molar-refractivity contribution in [3.05, 3.63) is 12.7 Å². The van der Waals surface area contributed by atoms with Gasteiger partial charge in [0.15, 0.2) is 0 Å². The van der Waals surface area contributed by atoms with Gasteiger partial charge >= 0.3 is 5.97 Å². The van der Waals surface area contributed by atoms with Crippen molar-refractivity contribution >= 4 is 17.6 Å². The maximum absolute atomic E-state index is 10.2. The molecular weight excluding hydrogens is 152 g/mol. The van der Waals surface area contributed by atoms with Gasteiger partial charge < -0.3 is 4.74 Å². The Morgan fingerprint density at radius 2 is 2.20 bits per heavy atom. The summed E-state index contributed by atoms with van der Waals surface area (Å²) >= 11 is 4.64. The Balaban J connectivity index is 0. The fourth-order valence-electron chi connectivity index (χ4n) is 0.262. The molecule has 0 saturated carbocycles. The van der Waals surface area contributed by atoms with Crippen LogP contribution in [0.2, 0.25) is 0 Å². The Kier molecular flexibility index (Phi) is 13.8. The van der Waals surface area contributed by atoms with Crippen LogP contribution in [0.4, 0.5) is 0 Å². The summed E-state index contributed by atoms with van der Waals surface area (Å²) in [5.74, 6) is -0.341. The third-order valence-electron chi connectivity index (χ3n) is 0.615. The second-order valence-corrected chi connectivity index (χ2v) is 1.37. The monoisotopic (exact) mass is 164 g/mol. The van der Waals surface area contributed by atoms with Crippen molar-refractivity contribution in [1.29, 1.82) is 0 Å². The molecule has 60 valence electrons. The number of hydrogen-bond donors (Lipinski definition) is 0. The minimum atomic E-state index is -0.341. The predicted molar refractivity (Wildman–Crippen MR) is 43.2 cm³/mol. The molecule has 0 aliphatic heterocycles. The van der Waals surface area contributed by atoms with E-state index in [4.69, 9.17) is 0 Å². The van der Waals surface area contributed by atoms with Gasteiger partial charge in [-0.05, 0) is 6.42 Å². The molecule has 0 aromatic heterocycles. The van der Waals surface area contributed by atoms with E-state index in [1.165, 1.54) is 6.38 Å². The lowest BCUT2D eigenvalue weighted by molar-refractivity contribution is -0.137. The minimum absolute atomic E-state index is 0.341. The van der Waals surface area contributed by atoms with Gasteiger partial charge in [-0.25, -0.2) is 4.79 Å². The van der Waals surface area contributed by atoms with Crippen molar-refractivity contribution in [3.8, 4) is 0 Å². The molecule has 0 amide bonds. The van der Waals surface area contributed by atoms with Gasteiger partial charge in [-0.1, -0.05) is 13.5 Å². The van der Waals surface area contributed by atoms with Gasteiger partial charge in [-0.2, -0.15) is 0 Å². The summed E-state index contributed by atoms with van der Waals surface area (Å²) in [6.07, 6.45) is 3.50. The topological polar surface area (TPSA) is 26.3 Å². The molecule has 0 N–H and O–H groups in total. The molecule has 0 heterocycles. The van der Waals surface area contributed by atoms with Crippen molar-refractivity contribution in [2.45, 2.75) is 13.3 Å². The third-order valence-corrected chi connectivity index (χ3v) is 0.615. The molecule has 0 unspecified atom stereocenters. The number of halogens is 1. The van der Waals surface area contributed by atoms with E-state index < -0.39 is 0 Å². The zero-order valence-corrected chi connectivity index (χ0v) is 7.15. The molecule has 0 rings (SSSR count). The van der Waals surface area contributed by atoms with Gasteiger partial charge in [0.05, 0.1) is 6.61 Å². The summed E-state index contributed by atoms with van der Waals surface area (Å²) < 4.78 is 4.58. The number of hydrogen-bond acceptors (Lipinski definition) is 2. The van der Waals surface area contributed by atoms with Crippen LogP contribution >= 0.6 is 11.6 Å². The van der Waals surface area contributed by atoms with Gasteiger partial charge in [-0.15, -0.1) is 11.6 Å². The zero-order chi connectivity index (χ0) is 8.41. The van der Waals surface area contributed by atoms with Crippen LogP contribution in [0.3, 0.4) is 0 Å². The first-order valence-corrected chi connectivity index (χ1v) is 3.73. The highest BCUT2D eigenvalue weighted by Crippen LogP contribution is 1.81. The quantitative estimate of drug-likeness (QED) is 0.362. The molecule has 0 atom stereocenters. The Bertz CT molecular complexity index is 91.6. The fourth-order valence-corrected chi connectivity index (χ4v) is 0.262. The van der Waals surface area contributed by atoms with E-state index in [1.54, 1.807) is 0 Å². The number of alkyl halides is 1. The van der Waals surface area contributed by atoms with Gasteiger partial charge in [-0.3, -0.25) is 0 Å². The van der Waals surface area contributed by atoms with E-state index in [9.17, 15) is 4.79 Å². The third kappa shape index (κ3) is 10.5. The first kappa shape index (κ1) is 12.2. The van der Waals surface area contributed by atoms with Gasteiger partial charge in [0.25, 0.3) is 0 Å². The summed E-state index contributed by atoms with van der Waals surface area (Å²) in [5, 5.41) is 0. The van der Waals surface area contributed by atoms with E-state index in [0.29, 0.717) is 6.61 Å². The van der Waals surface area contributed by atoms with E-state index in [-0.39, 0.29) is 5.97 Å². The standard InChI is InChI=1S/C6H10O2.CH3Cl/c1-3-5-8-6(7)4-2;1-2/h4H,2-3,5H2,1H3;1H3. The first-order valence-electron chi connectivity index (χ1n) is 2.98. The maximum atomic E-state index is 10.2. The average molecular weight is 165 g/mol. The minimum Gasteiger partial charge on any atom is -0.463 e. The lowest BCUT2D eigenvalue weighted by Crippen LogP contribution is -1.99. The molecule has 0 bridgehead atoms. The average Bonchev–Trinajstić information content (AvgIpc) is 2.04. The molecule has 0 aromatic carbocycles. The molecule has 0 saturated heterocycles. The van der Waals surface area contributed by atoms with E-state index in [1.807, 2.05) is 6.92 Å². The van der Waals surface area contributed by atoms with Crippen molar-refractivity contribution in [2.75, 3.05) is 13.0 Å². The van der Waals surface area contributed by atoms with Gasteiger partial charge in [0.2, 0.25) is 0 Å². The van der Waals surface area contributed by atoms with Crippen LogP contribution in [-0.2, 0) is 9.53 Å². The second-order valence-electron chi connectivity index (χ2n) is 1.37. The maximum Gasteiger partial charge on any atom is 0.330 e. The normalized spacial score (nSPS) is 7.10. The Hall–Kier alpha value is -0.500. The molecule has 2 nitrogen and oxygen atoms in total.